The van der Waals surface area contributed by atoms with Crippen LogP contribution in [0.4, 0.5) is 11.4 Å². The molecule has 2 fully saturated rings. The Morgan fingerprint density at radius 3 is 2.47 bits per heavy atom. The molecule has 0 bridgehead atoms. The van der Waals surface area contributed by atoms with Crippen LogP contribution in [-0.2, 0) is 24.7 Å². The monoisotopic (exact) mass is 443 g/mol. The van der Waals surface area contributed by atoms with Gasteiger partial charge in [-0.05, 0) is 56.2 Å². The molecule has 32 heavy (non-hydrogen) atoms. The second-order valence-corrected chi connectivity index (χ2v) is 7.89. The number of aromatic carboxylic acids is 1. The number of carboxylic acid groups (broad SMARTS) is 1. The van der Waals surface area contributed by atoms with E-state index in [4.69, 9.17) is 23.7 Å². The van der Waals surface area contributed by atoms with E-state index >= 15 is 0 Å². The van der Waals surface area contributed by atoms with Crippen molar-refractivity contribution in [1.29, 1.82) is 0 Å². The normalized spacial score (nSPS) is 18.4. The van der Waals surface area contributed by atoms with Gasteiger partial charge in [-0.3, -0.25) is 0 Å². The lowest BCUT2D eigenvalue weighted by Gasteiger charge is -2.26. The van der Waals surface area contributed by atoms with Crippen LogP contribution in [0.25, 0.3) is 0 Å². The van der Waals surface area contributed by atoms with Gasteiger partial charge in [-0.25, -0.2) is 4.79 Å². The van der Waals surface area contributed by atoms with Crippen molar-refractivity contribution in [1.82, 2.24) is 0 Å². The maximum absolute atomic E-state index is 11.5. The molecule has 8 heteroatoms. The summed E-state index contributed by atoms with van der Waals surface area (Å²) < 4.78 is 28.5. The van der Waals surface area contributed by atoms with E-state index in [1.807, 2.05) is 31.2 Å². The van der Waals surface area contributed by atoms with Crippen molar-refractivity contribution in [3.63, 3.8) is 0 Å². The number of ether oxygens (including phenoxy) is 5. The van der Waals surface area contributed by atoms with Gasteiger partial charge >= 0.3 is 5.97 Å². The second kappa shape index (κ2) is 10.3. The molecule has 8 nitrogen and oxygen atoms in total. The Balaban J connectivity index is 1.38. The number of hydrogen-bond donors (Lipinski definition) is 2. The summed E-state index contributed by atoms with van der Waals surface area (Å²) in [6.45, 7) is 5.33. The van der Waals surface area contributed by atoms with Crippen LogP contribution in [0.5, 0.6) is 5.75 Å². The van der Waals surface area contributed by atoms with Crippen LogP contribution >= 0.6 is 0 Å². The van der Waals surface area contributed by atoms with Crippen LogP contribution < -0.4 is 10.1 Å². The maximum Gasteiger partial charge on any atom is 0.335 e. The fraction of sp³-hybridized carbons (Fsp3) is 0.458. The highest BCUT2D eigenvalue weighted by molar-refractivity contribution is 5.89. The minimum absolute atomic E-state index is 0.183. The molecule has 2 heterocycles. The number of carbonyl (C=O) groups is 1. The van der Waals surface area contributed by atoms with Gasteiger partial charge in [-0.2, -0.15) is 0 Å². The zero-order valence-corrected chi connectivity index (χ0v) is 18.2. The maximum atomic E-state index is 11.5. The third kappa shape index (κ3) is 5.58. The number of anilines is 2. The van der Waals surface area contributed by atoms with E-state index in [1.165, 1.54) is 0 Å². The molecule has 4 rings (SSSR count). The Morgan fingerprint density at radius 1 is 1.06 bits per heavy atom. The summed E-state index contributed by atoms with van der Waals surface area (Å²) in [5, 5.41) is 12.7. The molecular formula is C24H29NO7. The van der Waals surface area contributed by atoms with Gasteiger partial charge in [0, 0.05) is 30.2 Å². The van der Waals surface area contributed by atoms with Crippen molar-refractivity contribution < 1.29 is 33.6 Å². The summed E-state index contributed by atoms with van der Waals surface area (Å²) in [5.41, 5.74) is 2.34. The predicted molar refractivity (Wildman–Crippen MR) is 118 cm³/mol. The minimum atomic E-state index is -0.996. The molecule has 0 atom stereocenters. The summed E-state index contributed by atoms with van der Waals surface area (Å²) >= 11 is 0. The van der Waals surface area contributed by atoms with Gasteiger partial charge < -0.3 is 34.1 Å². The topological polar surface area (TPSA) is 95.5 Å². The van der Waals surface area contributed by atoms with Crippen LogP contribution in [0.15, 0.2) is 42.5 Å². The van der Waals surface area contributed by atoms with Gasteiger partial charge in [0.05, 0.1) is 31.5 Å². The zero-order valence-electron chi connectivity index (χ0n) is 18.2. The van der Waals surface area contributed by atoms with Crippen molar-refractivity contribution in [2.45, 2.75) is 31.7 Å². The molecule has 0 aliphatic carbocycles. The van der Waals surface area contributed by atoms with Gasteiger partial charge in [0.1, 0.15) is 12.4 Å². The van der Waals surface area contributed by atoms with Gasteiger partial charge in [-0.15, -0.1) is 0 Å². The van der Waals surface area contributed by atoms with Crippen molar-refractivity contribution in [2.24, 2.45) is 0 Å². The van der Waals surface area contributed by atoms with E-state index in [0.717, 1.165) is 43.1 Å². The van der Waals surface area contributed by atoms with Crippen molar-refractivity contribution >= 4 is 17.3 Å². The van der Waals surface area contributed by atoms with Gasteiger partial charge in [0.2, 0.25) is 0 Å². The fourth-order valence-electron chi connectivity index (χ4n) is 3.85. The number of rotatable bonds is 9. The molecule has 2 aliphatic heterocycles. The quantitative estimate of drug-likeness (QED) is 0.563. The lowest BCUT2D eigenvalue weighted by molar-refractivity contribution is -0.149. The van der Waals surface area contributed by atoms with E-state index in [1.54, 1.807) is 18.2 Å². The van der Waals surface area contributed by atoms with Crippen LogP contribution in [0, 0.1) is 0 Å². The molecule has 0 radical (unpaired) electrons. The summed E-state index contributed by atoms with van der Waals surface area (Å²) in [5.74, 6) is -1.18. The summed E-state index contributed by atoms with van der Waals surface area (Å²) in [7, 11) is 0. The Bertz CT molecular complexity index is 903. The standard InChI is InChI=1S/C24H29NO7/c1-24(31-14-15-32-24)21-7-2-17(23(26)27)16-22(21)25-18-3-5-19(6-4-18)29-12-13-30-20-8-10-28-11-9-20/h2-7,16,20,25H,8-15H2,1H3,(H,26,27). The molecule has 2 aromatic rings. The largest absolute Gasteiger partial charge is 0.491 e. The Hall–Kier alpha value is -2.65. The van der Waals surface area contributed by atoms with Crippen LogP contribution in [0.3, 0.4) is 0 Å². The molecule has 0 aromatic heterocycles. The lowest BCUT2D eigenvalue weighted by Crippen LogP contribution is -2.25. The molecule has 0 amide bonds. The fourth-order valence-corrected chi connectivity index (χ4v) is 3.85. The smallest absolute Gasteiger partial charge is 0.335 e. The molecule has 2 aromatic carbocycles. The van der Waals surface area contributed by atoms with E-state index in [-0.39, 0.29) is 11.7 Å². The summed E-state index contributed by atoms with van der Waals surface area (Å²) in [6, 6.07) is 12.4. The molecule has 2 aliphatic rings. The molecule has 0 saturated carbocycles. The Morgan fingerprint density at radius 2 is 1.78 bits per heavy atom. The summed E-state index contributed by atoms with van der Waals surface area (Å²) in [4.78, 5) is 11.5. The predicted octanol–water partition coefficient (Wildman–Crippen LogP) is 3.92. The van der Waals surface area contributed by atoms with E-state index < -0.39 is 11.8 Å². The van der Waals surface area contributed by atoms with Crippen LogP contribution in [0.2, 0.25) is 0 Å². The summed E-state index contributed by atoms with van der Waals surface area (Å²) in [6.07, 6.45) is 2.12. The SMILES string of the molecule is CC1(c2ccc(C(=O)O)cc2Nc2ccc(OCCOC3CCOCC3)cc2)OCCO1. The Kier molecular flexibility index (Phi) is 7.26. The highest BCUT2D eigenvalue weighted by Gasteiger charge is 2.35. The third-order valence-electron chi connectivity index (χ3n) is 5.60. The van der Waals surface area contributed by atoms with Crippen molar-refractivity contribution in [2.75, 3.05) is 45.0 Å². The third-order valence-corrected chi connectivity index (χ3v) is 5.60. The average molecular weight is 443 g/mol. The first-order chi connectivity index (χ1) is 15.5. The first-order valence-corrected chi connectivity index (χ1v) is 10.9. The first-order valence-electron chi connectivity index (χ1n) is 10.9. The van der Waals surface area contributed by atoms with Gasteiger partial charge in [0.15, 0.2) is 5.79 Å². The van der Waals surface area contributed by atoms with Gasteiger partial charge in [0.25, 0.3) is 0 Å². The number of nitrogens with one attached hydrogen (secondary N) is 1. The minimum Gasteiger partial charge on any atom is -0.491 e. The molecule has 0 spiro atoms. The first kappa shape index (κ1) is 22.5. The van der Waals surface area contributed by atoms with E-state index in [0.29, 0.717) is 32.1 Å². The highest BCUT2D eigenvalue weighted by Crippen LogP contribution is 2.37. The lowest BCUT2D eigenvalue weighted by atomic mass is 10.0. The highest BCUT2D eigenvalue weighted by atomic mass is 16.7. The van der Waals surface area contributed by atoms with Crippen molar-refractivity contribution in [3.05, 3.63) is 53.6 Å². The Labute approximate surface area is 187 Å². The second-order valence-electron chi connectivity index (χ2n) is 7.89. The van der Waals surface area contributed by atoms with Crippen LogP contribution in [-0.4, -0.2) is 56.8 Å². The number of hydrogen-bond acceptors (Lipinski definition) is 7. The van der Waals surface area contributed by atoms with Gasteiger partial charge in [-0.1, -0.05) is 6.07 Å². The number of carboxylic acids is 1. The average Bonchev–Trinajstić information content (AvgIpc) is 3.26. The number of benzene rings is 2. The molecule has 2 saturated heterocycles. The molecule has 0 unspecified atom stereocenters. The van der Waals surface area contributed by atoms with Crippen molar-refractivity contribution in [3.8, 4) is 5.75 Å². The molecule has 172 valence electrons. The molecule has 2 N–H and O–H groups in total. The zero-order chi connectivity index (χ0) is 22.4. The molecular weight excluding hydrogens is 414 g/mol. The van der Waals surface area contributed by atoms with Crippen LogP contribution in [0.1, 0.15) is 35.7 Å². The van der Waals surface area contributed by atoms with E-state index in [2.05, 4.69) is 5.32 Å². The van der Waals surface area contributed by atoms with E-state index in [9.17, 15) is 9.90 Å².